The third-order valence-corrected chi connectivity index (χ3v) is 5.42. The second kappa shape index (κ2) is 5.74. The number of piperidine rings is 1. The number of ether oxygens (including phenoxy) is 1. The van der Waals surface area contributed by atoms with Gasteiger partial charge in [0.05, 0.1) is 36.7 Å². The van der Waals surface area contributed by atoms with Gasteiger partial charge in [-0.2, -0.15) is 0 Å². The van der Waals surface area contributed by atoms with E-state index in [0.717, 1.165) is 54.4 Å². The number of carbonyl (C=O) groups excluding carboxylic acids is 1. The van der Waals surface area contributed by atoms with E-state index >= 15 is 0 Å². The Kier molecular flexibility index (Phi) is 3.38. The molecule has 3 saturated heterocycles. The van der Waals surface area contributed by atoms with Crippen LogP contribution < -0.4 is 15.1 Å². The maximum atomic E-state index is 11.7. The van der Waals surface area contributed by atoms with E-state index in [1.54, 1.807) is 11.1 Å². The largest absolute Gasteiger partial charge is 0.374 e. The highest BCUT2D eigenvalue weighted by atomic mass is 16.5. The molecular weight excluding hydrogens is 316 g/mol. The summed E-state index contributed by atoms with van der Waals surface area (Å²) in [5, 5.41) is 3.38. The lowest BCUT2D eigenvalue weighted by molar-refractivity contribution is -0.107. The van der Waals surface area contributed by atoms with Crippen LogP contribution in [-0.2, 0) is 16.1 Å². The number of benzene rings is 1. The van der Waals surface area contributed by atoms with Gasteiger partial charge in [-0.05, 0) is 37.1 Å². The average molecular weight is 336 g/mol. The zero-order valence-corrected chi connectivity index (χ0v) is 13.9. The Hall–Kier alpha value is -2.60. The summed E-state index contributed by atoms with van der Waals surface area (Å²) in [6.07, 6.45) is 5.32. The molecule has 128 valence electrons. The van der Waals surface area contributed by atoms with Crippen molar-refractivity contribution in [3.05, 3.63) is 42.1 Å². The van der Waals surface area contributed by atoms with Gasteiger partial charge >= 0.3 is 0 Å². The van der Waals surface area contributed by atoms with Gasteiger partial charge in [0, 0.05) is 24.0 Å². The molecule has 1 unspecified atom stereocenters. The van der Waals surface area contributed by atoms with Crippen LogP contribution in [0.25, 0.3) is 0 Å². The number of nitrogens with zero attached hydrogens (tertiary/aromatic N) is 3. The van der Waals surface area contributed by atoms with E-state index in [2.05, 4.69) is 27.3 Å². The molecule has 5 heterocycles. The fourth-order valence-electron chi connectivity index (χ4n) is 4.08. The predicted octanol–water partition coefficient (Wildman–Crippen LogP) is 2.67. The number of aromatic nitrogens is 1. The predicted molar refractivity (Wildman–Crippen MR) is 96.3 cm³/mol. The Morgan fingerprint density at radius 2 is 2.24 bits per heavy atom. The number of hydrogen-bond donors (Lipinski definition) is 1. The number of anilines is 4. The number of rotatable bonds is 2. The SMILES string of the molecule is O=CN1Cc2cccnc2Nc2ccc(N3C[C@@H]4CCC3CO4)cc21. The van der Waals surface area contributed by atoms with Crippen LogP contribution in [0, 0.1) is 0 Å². The van der Waals surface area contributed by atoms with Crippen molar-refractivity contribution in [1.29, 1.82) is 0 Å². The van der Waals surface area contributed by atoms with Gasteiger partial charge in [-0.15, -0.1) is 0 Å². The Morgan fingerprint density at radius 3 is 3.00 bits per heavy atom. The molecule has 2 aromatic rings. The smallest absolute Gasteiger partial charge is 0.214 e. The van der Waals surface area contributed by atoms with Gasteiger partial charge in [-0.1, -0.05) is 6.07 Å². The summed E-state index contributed by atoms with van der Waals surface area (Å²) in [4.78, 5) is 20.3. The van der Waals surface area contributed by atoms with Gasteiger partial charge in [0.1, 0.15) is 5.82 Å². The topological polar surface area (TPSA) is 57.7 Å². The van der Waals surface area contributed by atoms with Crippen molar-refractivity contribution in [2.75, 3.05) is 28.3 Å². The van der Waals surface area contributed by atoms with E-state index in [9.17, 15) is 4.79 Å². The number of fused-ring (bicyclic) bond motifs is 5. The number of nitrogens with one attached hydrogen (secondary N) is 1. The molecule has 4 aliphatic heterocycles. The van der Waals surface area contributed by atoms with Crippen LogP contribution in [0.4, 0.5) is 22.9 Å². The monoisotopic (exact) mass is 336 g/mol. The summed E-state index contributed by atoms with van der Waals surface area (Å²) in [5.74, 6) is 0.811. The van der Waals surface area contributed by atoms with Crippen molar-refractivity contribution >= 4 is 29.3 Å². The first-order valence-electron chi connectivity index (χ1n) is 8.77. The molecule has 1 N–H and O–H groups in total. The molecule has 6 heteroatoms. The minimum Gasteiger partial charge on any atom is -0.374 e. The highest BCUT2D eigenvalue weighted by Crippen LogP contribution is 2.39. The summed E-state index contributed by atoms with van der Waals surface area (Å²) in [5.41, 5.74) is 3.97. The summed E-state index contributed by atoms with van der Waals surface area (Å²) in [6, 6.07) is 10.6. The van der Waals surface area contributed by atoms with Gasteiger partial charge in [0.25, 0.3) is 0 Å². The van der Waals surface area contributed by atoms with Crippen LogP contribution >= 0.6 is 0 Å². The molecular formula is C19H20N4O2. The van der Waals surface area contributed by atoms with E-state index < -0.39 is 0 Å². The minimum atomic E-state index is 0.331. The van der Waals surface area contributed by atoms with Crippen molar-refractivity contribution < 1.29 is 9.53 Å². The Bertz CT molecular complexity index is 817. The van der Waals surface area contributed by atoms with Gasteiger partial charge in [0.15, 0.2) is 0 Å². The molecule has 25 heavy (non-hydrogen) atoms. The number of carbonyl (C=O) groups is 1. The first-order chi connectivity index (χ1) is 12.3. The summed E-state index contributed by atoms with van der Waals surface area (Å²) in [7, 11) is 0. The molecule has 0 radical (unpaired) electrons. The molecule has 0 spiro atoms. The molecule has 1 aromatic carbocycles. The maximum Gasteiger partial charge on any atom is 0.214 e. The van der Waals surface area contributed by atoms with Crippen LogP contribution in [0.2, 0.25) is 0 Å². The van der Waals surface area contributed by atoms with Crippen LogP contribution in [0.1, 0.15) is 18.4 Å². The van der Waals surface area contributed by atoms with Crippen LogP contribution in [0.15, 0.2) is 36.5 Å². The third kappa shape index (κ3) is 2.44. The van der Waals surface area contributed by atoms with Gasteiger partial charge in [0.2, 0.25) is 6.41 Å². The van der Waals surface area contributed by atoms with Gasteiger partial charge in [-0.25, -0.2) is 4.98 Å². The number of hydrogen-bond acceptors (Lipinski definition) is 5. The third-order valence-electron chi connectivity index (χ3n) is 5.42. The molecule has 6 rings (SSSR count). The quantitative estimate of drug-likeness (QED) is 0.855. The highest BCUT2D eigenvalue weighted by molar-refractivity contribution is 5.89. The Morgan fingerprint density at radius 1 is 1.28 bits per heavy atom. The second-order valence-electron chi connectivity index (χ2n) is 6.91. The first-order valence-corrected chi connectivity index (χ1v) is 8.77. The Balaban J connectivity index is 1.54. The molecule has 0 aliphatic carbocycles. The molecule has 2 atom stereocenters. The fraction of sp³-hybridized carbons (Fsp3) is 0.368. The zero-order valence-electron chi connectivity index (χ0n) is 13.9. The highest BCUT2D eigenvalue weighted by Gasteiger charge is 2.35. The lowest BCUT2D eigenvalue weighted by atomic mass is 9.96. The standard InChI is InChI=1S/C19H20N4O2/c24-12-22-9-13-2-1-7-20-19(13)21-17-6-4-14(8-18(17)22)23-10-16-5-3-15(23)11-25-16/h1-2,4,6-8,12,15-16H,3,5,9-11H2,(H,20,21)/t15?,16-/m0/s1. The van der Waals surface area contributed by atoms with Crippen molar-refractivity contribution in [1.82, 2.24) is 4.98 Å². The van der Waals surface area contributed by atoms with Gasteiger partial charge < -0.3 is 19.9 Å². The molecule has 0 saturated carbocycles. The lowest BCUT2D eigenvalue weighted by Gasteiger charge is -2.46. The molecule has 2 bridgehead atoms. The van der Waals surface area contributed by atoms with Crippen molar-refractivity contribution in [3.63, 3.8) is 0 Å². The molecule has 4 aliphatic rings. The number of morpholine rings is 1. The number of amides is 1. The van der Waals surface area contributed by atoms with E-state index in [-0.39, 0.29) is 0 Å². The second-order valence-corrected chi connectivity index (χ2v) is 6.91. The molecule has 6 nitrogen and oxygen atoms in total. The van der Waals surface area contributed by atoms with E-state index in [4.69, 9.17) is 4.74 Å². The number of pyridine rings is 1. The van der Waals surface area contributed by atoms with E-state index in [1.807, 2.05) is 18.2 Å². The molecule has 1 amide bonds. The summed E-state index contributed by atoms with van der Waals surface area (Å²) >= 11 is 0. The zero-order chi connectivity index (χ0) is 16.8. The lowest BCUT2D eigenvalue weighted by Crippen LogP contribution is -2.54. The molecule has 3 fully saturated rings. The maximum absolute atomic E-state index is 11.7. The van der Waals surface area contributed by atoms with Crippen molar-refractivity contribution in [2.45, 2.75) is 31.5 Å². The van der Waals surface area contributed by atoms with Crippen LogP contribution in [0.5, 0.6) is 0 Å². The Labute approximate surface area is 146 Å². The van der Waals surface area contributed by atoms with E-state index in [0.29, 0.717) is 18.7 Å². The first kappa shape index (κ1) is 14.7. The van der Waals surface area contributed by atoms with Crippen molar-refractivity contribution in [3.8, 4) is 0 Å². The molecule has 1 aromatic heterocycles. The van der Waals surface area contributed by atoms with Crippen molar-refractivity contribution in [2.24, 2.45) is 0 Å². The minimum absolute atomic E-state index is 0.331. The fourth-order valence-corrected chi connectivity index (χ4v) is 4.08. The summed E-state index contributed by atoms with van der Waals surface area (Å²) < 4.78 is 5.82. The summed E-state index contributed by atoms with van der Waals surface area (Å²) in [6.45, 7) is 2.25. The van der Waals surface area contributed by atoms with Crippen LogP contribution in [-0.4, -0.2) is 36.7 Å². The van der Waals surface area contributed by atoms with Crippen LogP contribution in [0.3, 0.4) is 0 Å². The normalized spacial score (nSPS) is 24.2. The average Bonchev–Trinajstić information content (AvgIpc) is 2.84. The van der Waals surface area contributed by atoms with E-state index in [1.165, 1.54) is 6.42 Å². The van der Waals surface area contributed by atoms with Gasteiger partial charge in [-0.3, -0.25) is 4.79 Å².